The van der Waals surface area contributed by atoms with Crippen LogP contribution in [0.5, 0.6) is 0 Å². The minimum absolute atomic E-state index is 0.185. The third kappa shape index (κ3) is 4.22. The highest BCUT2D eigenvalue weighted by Gasteiger charge is 2.26. The van der Waals surface area contributed by atoms with E-state index in [0.717, 1.165) is 18.8 Å². The molecular formula is C16H23FOS. The molecule has 1 N–H and O–H groups in total. The van der Waals surface area contributed by atoms with Gasteiger partial charge in [0.1, 0.15) is 5.82 Å². The molecular weight excluding hydrogens is 259 g/mol. The molecule has 106 valence electrons. The molecule has 3 heteroatoms. The Hall–Kier alpha value is -0.540. The van der Waals surface area contributed by atoms with E-state index in [1.807, 2.05) is 6.07 Å². The first kappa shape index (κ1) is 14.9. The summed E-state index contributed by atoms with van der Waals surface area (Å²) >= 11 is 1.43. The highest BCUT2D eigenvalue weighted by Crippen LogP contribution is 2.34. The lowest BCUT2D eigenvalue weighted by Gasteiger charge is -2.31. The SMILES string of the molecule is CCC1CCCC(C(O)CSc2ccccc2F)C1. The summed E-state index contributed by atoms with van der Waals surface area (Å²) in [6.45, 7) is 2.23. The van der Waals surface area contributed by atoms with E-state index in [9.17, 15) is 9.50 Å². The van der Waals surface area contributed by atoms with E-state index in [1.54, 1.807) is 12.1 Å². The molecule has 3 unspecified atom stereocenters. The minimum Gasteiger partial charge on any atom is -0.392 e. The second kappa shape index (κ2) is 7.30. The van der Waals surface area contributed by atoms with Gasteiger partial charge in [0.25, 0.3) is 0 Å². The number of aliphatic hydroxyl groups is 1. The fourth-order valence-electron chi connectivity index (χ4n) is 2.93. The quantitative estimate of drug-likeness (QED) is 0.803. The van der Waals surface area contributed by atoms with Gasteiger partial charge in [-0.1, -0.05) is 38.3 Å². The molecule has 1 aromatic rings. The summed E-state index contributed by atoms with van der Waals surface area (Å²) in [7, 11) is 0. The lowest BCUT2D eigenvalue weighted by molar-refractivity contribution is 0.0862. The normalized spacial score (nSPS) is 25.2. The second-order valence-electron chi connectivity index (χ2n) is 5.51. The Kier molecular flexibility index (Phi) is 5.71. The van der Waals surface area contributed by atoms with Gasteiger partial charge < -0.3 is 5.11 Å². The molecule has 1 fully saturated rings. The van der Waals surface area contributed by atoms with Crippen LogP contribution in [0.2, 0.25) is 0 Å². The van der Waals surface area contributed by atoms with Crippen molar-refractivity contribution < 1.29 is 9.50 Å². The van der Waals surface area contributed by atoms with E-state index >= 15 is 0 Å². The number of benzene rings is 1. The second-order valence-corrected chi connectivity index (χ2v) is 6.57. The van der Waals surface area contributed by atoms with Gasteiger partial charge in [0.15, 0.2) is 0 Å². The molecule has 3 atom stereocenters. The number of hydrogen-bond donors (Lipinski definition) is 1. The van der Waals surface area contributed by atoms with Crippen molar-refractivity contribution in [1.82, 2.24) is 0 Å². The summed E-state index contributed by atoms with van der Waals surface area (Å²) in [5.41, 5.74) is 0. The van der Waals surface area contributed by atoms with Crippen LogP contribution < -0.4 is 0 Å². The fourth-order valence-corrected chi connectivity index (χ4v) is 3.93. The van der Waals surface area contributed by atoms with E-state index in [2.05, 4.69) is 6.92 Å². The molecule has 1 aliphatic rings. The number of halogens is 1. The molecule has 0 aromatic heterocycles. The van der Waals surface area contributed by atoms with Crippen LogP contribution in [-0.4, -0.2) is 17.0 Å². The first-order valence-electron chi connectivity index (χ1n) is 7.26. The van der Waals surface area contributed by atoms with Crippen molar-refractivity contribution in [1.29, 1.82) is 0 Å². The molecule has 19 heavy (non-hydrogen) atoms. The number of aliphatic hydroxyl groups excluding tert-OH is 1. The monoisotopic (exact) mass is 282 g/mol. The molecule has 0 spiro atoms. The lowest BCUT2D eigenvalue weighted by atomic mass is 9.78. The molecule has 0 heterocycles. The van der Waals surface area contributed by atoms with Crippen LogP contribution in [0.25, 0.3) is 0 Å². The molecule has 2 rings (SSSR count). The van der Waals surface area contributed by atoms with Crippen molar-refractivity contribution in [3.63, 3.8) is 0 Å². The summed E-state index contributed by atoms with van der Waals surface area (Å²) < 4.78 is 13.5. The van der Waals surface area contributed by atoms with E-state index in [-0.39, 0.29) is 11.9 Å². The zero-order valence-corrected chi connectivity index (χ0v) is 12.3. The van der Waals surface area contributed by atoms with Gasteiger partial charge >= 0.3 is 0 Å². The highest BCUT2D eigenvalue weighted by atomic mass is 32.2. The number of hydrogen-bond acceptors (Lipinski definition) is 2. The predicted molar refractivity (Wildman–Crippen MR) is 78.9 cm³/mol. The maximum Gasteiger partial charge on any atom is 0.136 e. The van der Waals surface area contributed by atoms with Gasteiger partial charge in [0, 0.05) is 10.6 Å². The molecule has 1 saturated carbocycles. The molecule has 0 bridgehead atoms. The first-order chi connectivity index (χ1) is 9.20. The standard InChI is InChI=1S/C16H23FOS/c1-2-12-6-5-7-13(10-12)15(18)11-19-16-9-4-3-8-14(16)17/h3-4,8-9,12-13,15,18H,2,5-7,10-11H2,1H3. The zero-order valence-electron chi connectivity index (χ0n) is 11.5. The van der Waals surface area contributed by atoms with Crippen LogP contribution in [0, 0.1) is 17.7 Å². The number of thioether (sulfide) groups is 1. The fraction of sp³-hybridized carbons (Fsp3) is 0.625. The third-order valence-corrected chi connectivity index (χ3v) is 5.34. The van der Waals surface area contributed by atoms with Gasteiger partial charge in [-0.05, 0) is 36.8 Å². The van der Waals surface area contributed by atoms with Gasteiger partial charge in [-0.3, -0.25) is 0 Å². The van der Waals surface area contributed by atoms with Crippen molar-refractivity contribution in [2.24, 2.45) is 11.8 Å². The summed E-state index contributed by atoms with van der Waals surface area (Å²) in [5.74, 6) is 1.58. The summed E-state index contributed by atoms with van der Waals surface area (Å²) in [4.78, 5) is 0.643. The van der Waals surface area contributed by atoms with Crippen molar-refractivity contribution >= 4 is 11.8 Å². The van der Waals surface area contributed by atoms with Gasteiger partial charge in [0.2, 0.25) is 0 Å². The molecule has 1 nitrogen and oxygen atoms in total. The van der Waals surface area contributed by atoms with Crippen LogP contribution in [-0.2, 0) is 0 Å². The summed E-state index contributed by atoms with van der Waals surface area (Å²) in [6.07, 6.45) is 5.69. The Bertz CT molecular complexity index is 396. The Morgan fingerprint density at radius 2 is 2.16 bits per heavy atom. The lowest BCUT2D eigenvalue weighted by Crippen LogP contribution is -2.28. The van der Waals surface area contributed by atoms with Crippen LogP contribution >= 0.6 is 11.8 Å². The highest BCUT2D eigenvalue weighted by molar-refractivity contribution is 7.99. The van der Waals surface area contributed by atoms with Crippen molar-refractivity contribution in [2.75, 3.05) is 5.75 Å². The van der Waals surface area contributed by atoms with Crippen LogP contribution in [0.4, 0.5) is 4.39 Å². The summed E-state index contributed by atoms with van der Waals surface area (Å²) in [6, 6.07) is 6.79. The molecule has 0 saturated heterocycles. The average molecular weight is 282 g/mol. The van der Waals surface area contributed by atoms with Gasteiger partial charge in [-0.2, -0.15) is 0 Å². The molecule has 0 radical (unpaired) electrons. The minimum atomic E-state index is -0.307. The van der Waals surface area contributed by atoms with Crippen LogP contribution in [0.15, 0.2) is 29.2 Å². The van der Waals surface area contributed by atoms with Crippen LogP contribution in [0.3, 0.4) is 0 Å². The van der Waals surface area contributed by atoms with Crippen molar-refractivity contribution in [3.8, 4) is 0 Å². The van der Waals surface area contributed by atoms with Gasteiger partial charge in [-0.25, -0.2) is 4.39 Å². The first-order valence-corrected chi connectivity index (χ1v) is 8.24. The Balaban J connectivity index is 1.84. The zero-order chi connectivity index (χ0) is 13.7. The van der Waals surface area contributed by atoms with E-state index in [4.69, 9.17) is 0 Å². The van der Waals surface area contributed by atoms with Gasteiger partial charge in [0.05, 0.1) is 6.10 Å². The average Bonchev–Trinajstić information content (AvgIpc) is 2.46. The third-order valence-electron chi connectivity index (χ3n) is 4.19. The largest absolute Gasteiger partial charge is 0.392 e. The Morgan fingerprint density at radius 1 is 1.37 bits per heavy atom. The van der Waals surface area contributed by atoms with Crippen molar-refractivity contribution in [3.05, 3.63) is 30.1 Å². The maximum atomic E-state index is 13.5. The summed E-state index contributed by atoms with van der Waals surface area (Å²) in [5, 5.41) is 10.3. The van der Waals surface area contributed by atoms with Crippen molar-refractivity contribution in [2.45, 2.75) is 50.0 Å². The van der Waals surface area contributed by atoms with E-state index in [0.29, 0.717) is 16.6 Å². The topological polar surface area (TPSA) is 20.2 Å². The predicted octanol–water partition coefficient (Wildman–Crippen LogP) is 4.50. The molecule has 1 aromatic carbocycles. The smallest absolute Gasteiger partial charge is 0.136 e. The Morgan fingerprint density at radius 3 is 2.89 bits per heavy atom. The molecule has 0 aliphatic heterocycles. The van der Waals surface area contributed by atoms with E-state index < -0.39 is 0 Å². The maximum absolute atomic E-state index is 13.5. The Labute approximate surface area is 119 Å². The van der Waals surface area contributed by atoms with Crippen LogP contribution in [0.1, 0.15) is 39.0 Å². The van der Waals surface area contributed by atoms with E-state index in [1.165, 1.54) is 37.1 Å². The number of rotatable bonds is 5. The molecule has 0 amide bonds. The van der Waals surface area contributed by atoms with Gasteiger partial charge in [-0.15, -0.1) is 11.8 Å². The molecule has 1 aliphatic carbocycles.